The Bertz CT molecular complexity index is 615. The van der Waals surface area contributed by atoms with Crippen molar-refractivity contribution >= 4 is 43.3 Å². The van der Waals surface area contributed by atoms with E-state index in [9.17, 15) is 13.2 Å². The maximum absolute atomic E-state index is 12.8. The second-order valence-corrected chi connectivity index (χ2v) is 9.20. The molecule has 0 bridgehead atoms. The topological polar surface area (TPSA) is 74.7 Å². The fraction of sp³-hybridized carbons (Fsp3) is 0.583. The summed E-state index contributed by atoms with van der Waals surface area (Å²) in [7, 11) is -3.67. The van der Waals surface area contributed by atoms with E-state index in [1.54, 1.807) is 0 Å². The Hall–Kier alpha value is -0.440. The Balaban J connectivity index is 2.46. The minimum atomic E-state index is -3.67. The highest BCUT2D eigenvalue weighted by Gasteiger charge is 2.37. The molecule has 0 unspecified atom stereocenters. The monoisotopic (exact) mass is 381 g/mol. The van der Waals surface area contributed by atoms with Crippen molar-refractivity contribution in [2.45, 2.75) is 50.1 Å². The summed E-state index contributed by atoms with van der Waals surface area (Å²) in [6, 6.07) is 1.10. The largest absolute Gasteiger partial charge is 0.477 e. The van der Waals surface area contributed by atoms with Crippen LogP contribution in [-0.2, 0) is 10.0 Å². The normalized spacial score (nSPS) is 24.8. The molecule has 1 aromatic rings. The summed E-state index contributed by atoms with van der Waals surface area (Å²) in [6.07, 6.45) is 2.67. The van der Waals surface area contributed by atoms with Crippen molar-refractivity contribution in [3.05, 3.63) is 14.7 Å². The highest BCUT2D eigenvalue weighted by molar-refractivity contribution is 9.11. The number of carboxylic acids is 1. The standard InChI is InChI=1S/C12H16BrNO4S2/c1-7-4-3-5-8(2)14(7)20(17,18)10-6-9(12(15)16)19-11(10)13/h6-8H,3-5H2,1-2H3,(H,15,16)/t7-,8+. The molecule has 1 aromatic heterocycles. The molecular formula is C12H16BrNO4S2. The fourth-order valence-electron chi connectivity index (χ4n) is 2.62. The third-order valence-corrected chi connectivity index (χ3v) is 7.90. The number of aromatic carboxylic acids is 1. The predicted octanol–water partition coefficient (Wildman–Crippen LogP) is 3.16. The van der Waals surface area contributed by atoms with Crippen LogP contribution >= 0.6 is 27.3 Å². The number of carbonyl (C=O) groups is 1. The highest BCUT2D eigenvalue weighted by Crippen LogP contribution is 2.37. The molecule has 0 spiro atoms. The Morgan fingerprint density at radius 1 is 1.40 bits per heavy atom. The molecule has 1 aliphatic heterocycles. The fourth-order valence-corrected chi connectivity index (χ4v) is 6.86. The number of hydrogen-bond donors (Lipinski definition) is 1. The maximum atomic E-state index is 12.8. The number of carboxylic acid groups (broad SMARTS) is 1. The van der Waals surface area contributed by atoms with Gasteiger partial charge in [-0.1, -0.05) is 6.42 Å². The Kier molecular flexibility index (Phi) is 4.58. The van der Waals surface area contributed by atoms with Crippen LogP contribution in [0.5, 0.6) is 0 Å². The smallest absolute Gasteiger partial charge is 0.345 e. The maximum Gasteiger partial charge on any atom is 0.345 e. The van der Waals surface area contributed by atoms with Crippen molar-refractivity contribution in [2.24, 2.45) is 0 Å². The number of halogens is 1. The van der Waals surface area contributed by atoms with E-state index in [4.69, 9.17) is 5.11 Å². The Morgan fingerprint density at radius 3 is 2.40 bits per heavy atom. The molecular weight excluding hydrogens is 366 g/mol. The van der Waals surface area contributed by atoms with Gasteiger partial charge in [0.25, 0.3) is 0 Å². The van der Waals surface area contributed by atoms with E-state index in [1.807, 2.05) is 13.8 Å². The van der Waals surface area contributed by atoms with E-state index < -0.39 is 16.0 Å². The van der Waals surface area contributed by atoms with Crippen molar-refractivity contribution in [1.82, 2.24) is 4.31 Å². The zero-order valence-corrected chi connectivity index (χ0v) is 14.4. The van der Waals surface area contributed by atoms with Crippen LogP contribution in [0, 0.1) is 0 Å². The van der Waals surface area contributed by atoms with Gasteiger partial charge in [0.2, 0.25) is 10.0 Å². The number of piperidine rings is 1. The third kappa shape index (κ3) is 2.79. The van der Waals surface area contributed by atoms with Crippen LogP contribution in [0.3, 0.4) is 0 Å². The van der Waals surface area contributed by atoms with Crippen molar-refractivity contribution in [3.8, 4) is 0 Å². The third-order valence-electron chi connectivity index (χ3n) is 3.53. The van der Waals surface area contributed by atoms with Crippen molar-refractivity contribution in [2.75, 3.05) is 0 Å². The van der Waals surface area contributed by atoms with Gasteiger partial charge in [-0.05, 0) is 48.7 Å². The molecule has 0 radical (unpaired) electrons. The number of rotatable bonds is 3. The molecule has 8 heteroatoms. The molecule has 20 heavy (non-hydrogen) atoms. The van der Waals surface area contributed by atoms with Gasteiger partial charge in [0, 0.05) is 12.1 Å². The molecule has 112 valence electrons. The van der Waals surface area contributed by atoms with E-state index in [2.05, 4.69) is 15.9 Å². The van der Waals surface area contributed by atoms with Gasteiger partial charge in [-0.3, -0.25) is 0 Å². The predicted molar refractivity (Wildman–Crippen MR) is 80.8 cm³/mol. The second kappa shape index (κ2) is 5.75. The zero-order chi connectivity index (χ0) is 15.1. The Morgan fingerprint density at radius 2 is 1.95 bits per heavy atom. The molecule has 1 N–H and O–H groups in total. The molecule has 0 aromatic carbocycles. The van der Waals surface area contributed by atoms with E-state index >= 15 is 0 Å². The summed E-state index contributed by atoms with van der Waals surface area (Å²) >= 11 is 4.10. The van der Waals surface area contributed by atoms with E-state index in [-0.39, 0.29) is 21.9 Å². The molecule has 1 aliphatic rings. The number of sulfonamides is 1. The number of thiophene rings is 1. The summed E-state index contributed by atoms with van der Waals surface area (Å²) in [5, 5.41) is 8.98. The van der Waals surface area contributed by atoms with Gasteiger partial charge >= 0.3 is 5.97 Å². The lowest BCUT2D eigenvalue weighted by Crippen LogP contribution is -2.47. The minimum Gasteiger partial charge on any atom is -0.477 e. The molecule has 1 saturated heterocycles. The molecule has 0 amide bonds. The van der Waals surface area contributed by atoms with Crippen LogP contribution in [0.2, 0.25) is 0 Å². The first-order valence-corrected chi connectivity index (χ1v) is 9.36. The molecule has 5 nitrogen and oxygen atoms in total. The van der Waals surface area contributed by atoms with Gasteiger partial charge < -0.3 is 5.11 Å². The summed E-state index contributed by atoms with van der Waals surface area (Å²) in [5.41, 5.74) is 0. The van der Waals surface area contributed by atoms with Gasteiger partial charge in [-0.15, -0.1) is 11.3 Å². The van der Waals surface area contributed by atoms with Crippen LogP contribution < -0.4 is 0 Å². The van der Waals surface area contributed by atoms with Crippen LogP contribution in [-0.4, -0.2) is 35.9 Å². The minimum absolute atomic E-state index is 0.0211. The molecule has 0 saturated carbocycles. The SMILES string of the molecule is C[C@@H]1CCC[C@H](C)N1S(=O)(=O)c1cc(C(=O)O)sc1Br. The summed E-state index contributed by atoms with van der Waals surface area (Å²) in [6.45, 7) is 3.79. The molecule has 2 atom stereocenters. The first-order chi connectivity index (χ1) is 9.25. The van der Waals surface area contributed by atoms with E-state index in [1.165, 1.54) is 10.4 Å². The Labute approximate surface area is 130 Å². The number of nitrogens with zero attached hydrogens (tertiary/aromatic N) is 1. The lowest BCUT2D eigenvalue weighted by molar-refractivity contribution is 0.0702. The summed E-state index contributed by atoms with van der Waals surface area (Å²) in [4.78, 5) is 11.1. The molecule has 1 fully saturated rings. The number of hydrogen-bond acceptors (Lipinski definition) is 4. The van der Waals surface area contributed by atoms with E-state index in [0.29, 0.717) is 3.79 Å². The first-order valence-electron chi connectivity index (χ1n) is 6.31. The van der Waals surface area contributed by atoms with Crippen LogP contribution in [0.25, 0.3) is 0 Å². The zero-order valence-electron chi connectivity index (χ0n) is 11.2. The van der Waals surface area contributed by atoms with Crippen molar-refractivity contribution in [3.63, 3.8) is 0 Å². The average Bonchev–Trinajstić information content (AvgIpc) is 2.71. The van der Waals surface area contributed by atoms with Gasteiger partial charge in [-0.25, -0.2) is 13.2 Å². The second-order valence-electron chi connectivity index (χ2n) is 5.02. The van der Waals surface area contributed by atoms with E-state index in [0.717, 1.165) is 30.6 Å². The lowest BCUT2D eigenvalue weighted by Gasteiger charge is -2.37. The van der Waals surface area contributed by atoms with Crippen LogP contribution in [0.15, 0.2) is 14.7 Å². The molecule has 0 aliphatic carbocycles. The summed E-state index contributed by atoms with van der Waals surface area (Å²) < 4.78 is 27.4. The van der Waals surface area contributed by atoms with Crippen LogP contribution in [0.1, 0.15) is 42.8 Å². The van der Waals surface area contributed by atoms with Gasteiger partial charge in [0.05, 0.1) is 3.79 Å². The molecule has 2 heterocycles. The first kappa shape index (κ1) is 15.9. The highest BCUT2D eigenvalue weighted by atomic mass is 79.9. The van der Waals surface area contributed by atoms with Crippen LogP contribution in [0.4, 0.5) is 0 Å². The van der Waals surface area contributed by atoms with Crippen molar-refractivity contribution in [1.29, 1.82) is 0 Å². The quantitative estimate of drug-likeness (QED) is 0.872. The summed E-state index contributed by atoms with van der Waals surface area (Å²) in [5.74, 6) is -1.11. The van der Waals surface area contributed by atoms with Crippen molar-refractivity contribution < 1.29 is 18.3 Å². The van der Waals surface area contributed by atoms with Gasteiger partial charge in [0.15, 0.2) is 0 Å². The average molecular weight is 382 g/mol. The van der Waals surface area contributed by atoms with Gasteiger partial charge in [0.1, 0.15) is 9.77 Å². The lowest BCUT2D eigenvalue weighted by atomic mass is 10.0. The van der Waals surface area contributed by atoms with Gasteiger partial charge in [-0.2, -0.15) is 4.31 Å². The molecule has 2 rings (SSSR count).